The SMILES string of the molecule is C[C@@H](NC(=O)[C@H](c1ccccc1)C1CCCCC1)c1nc(-c2ccncc2)n[nH]1. The van der Waals surface area contributed by atoms with Gasteiger partial charge in [-0.05, 0) is 43.4 Å². The van der Waals surface area contributed by atoms with Crippen LogP contribution < -0.4 is 5.32 Å². The zero-order valence-corrected chi connectivity index (χ0v) is 16.7. The van der Waals surface area contributed by atoms with Crippen molar-refractivity contribution < 1.29 is 4.79 Å². The van der Waals surface area contributed by atoms with Crippen molar-refractivity contribution in [3.05, 3.63) is 66.2 Å². The van der Waals surface area contributed by atoms with Crippen molar-refractivity contribution in [2.24, 2.45) is 5.92 Å². The van der Waals surface area contributed by atoms with E-state index in [9.17, 15) is 4.79 Å². The topological polar surface area (TPSA) is 83.6 Å². The highest BCUT2D eigenvalue weighted by molar-refractivity contribution is 5.84. The lowest BCUT2D eigenvalue weighted by Crippen LogP contribution is -2.36. The van der Waals surface area contributed by atoms with Gasteiger partial charge in [0.1, 0.15) is 5.82 Å². The molecule has 2 N–H and O–H groups in total. The highest BCUT2D eigenvalue weighted by Crippen LogP contribution is 2.36. The first-order chi connectivity index (χ1) is 14.2. The van der Waals surface area contributed by atoms with Gasteiger partial charge in [-0.15, -0.1) is 0 Å². The van der Waals surface area contributed by atoms with Crippen LogP contribution in [0.5, 0.6) is 0 Å². The maximum atomic E-state index is 13.3. The molecule has 0 spiro atoms. The fourth-order valence-electron chi connectivity index (χ4n) is 4.24. The minimum absolute atomic E-state index is 0.0671. The molecule has 3 aromatic rings. The van der Waals surface area contributed by atoms with E-state index in [4.69, 9.17) is 0 Å². The molecular weight excluding hydrogens is 362 g/mol. The molecule has 0 bridgehead atoms. The van der Waals surface area contributed by atoms with Crippen molar-refractivity contribution in [3.8, 4) is 11.4 Å². The molecule has 1 saturated carbocycles. The summed E-state index contributed by atoms with van der Waals surface area (Å²) in [4.78, 5) is 21.9. The highest BCUT2D eigenvalue weighted by atomic mass is 16.2. The molecule has 0 saturated heterocycles. The summed E-state index contributed by atoms with van der Waals surface area (Å²) >= 11 is 0. The van der Waals surface area contributed by atoms with E-state index in [1.807, 2.05) is 37.3 Å². The number of carbonyl (C=O) groups is 1. The zero-order valence-electron chi connectivity index (χ0n) is 16.7. The molecule has 0 radical (unpaired) electrons. The van der Waals surface area contributed by atoms with Gasteiger partial charge in [0.2, 0.25) is 5.91 Å². The van der Waals surface area contributed by atoms with Gasteiger partial charge in [0, 0.05) is 18.0 Å². The van der Waals surface area contributed by atoms with E-state index in [0.717, 1.165) is 24.0 Å². The van der Waals surface area contributed by atoms with E-state index in [1.54, 1.807) is 12.4 Å². The molecule has 29 heavy (non-hydrogen) atoms. The molecule has 6 heteroatoms. The van der Waals surface area contributed by atoms with Crippen LogP contribution >= 0.6 is 0 Å². The number of hydrogen-bond acceptors (Lipinski definition) is 4. The summed E-state index contributed by atoms with van der Waals surface area (Å²) in [5.74, 6) is 1.59. The summed E-state index contributed by atoms with van der Waals surface area (Å²) in [5.41, 5.74) is 1.99. The van der Waals surface area contributed by atoms with Crippen LogP contribution in [-0.2, 0) is 4.79 Å². The number of hydrogen-bond donors (Lipinski definition) is 2. The molecule has 0 aliphatic heterocycles. The Kier molecular flexibility index (Phi) is 5.98. The molecule has 1 aromatic carbocycles. The van der Waals surface area contributed by atoms with Crippen LogP contribution in [0, 0.1) is 5.92 Å². The Balaban J connectivity index is 1.50. The highest BCUT2D eigenvalue weighted by Gasteiger charge is 2.32. The van der Waals surface area contributed by atoms with Gasteiger partial charge in [-0.1, -0.05) is 49.6 Å². The number of benzene rings is 1. The number of nitrogens with one attached hydrogen (secondary N) is 2. The van der Waals surface area contributed by atoms with Crippen molar-refractivity contribution in [3.63, 3.8) is 0 Å². The Bertz CT molecular complexity index is 919. The van der Waals surface area contributed by atoms with Crippen LogP contribution in [0.1, 0.15) is 62.4 Å². The lowest BCUT2D eigenvalue weighted by molar-refractivity contribution is -0.124. The van der Waals surface area contributed by atoms with E-state index in [2.05, 4.69) is 37.6 Å². The van der Waals surface area contributed by atoms with Crippen LogP contribution in [-0.4, -0.2) is 26.1 Å². The third-order valence-electron chi connectivity index (χ3n) is 5.77. The Morgan fingerprint density at radius 2 is 1.79 bits per heavy atom. The number of carbonyl (C=O) groups excluding carboxylic acids is 1. The average Bonchev–Trinajstić information content (AvgIpc) is 3.27. The van der Waals surface area contributed by atoms with Crippen molar-refractivity contribution in [2.75, 3.05) is 0 Å². The number of rotatable bonds is 6. The average molecular weight is 390 g/mol. The maximum absolute atomic E-state index is 13.3. The number of pyridine rings is 1. The van der Waals surface area contributed by atoms with Gasteiger partial charge in [-0.2, -0.15) is 5.10 Å². The van der Waals surface area contributed by atoms with E-state index in [-0.39, 0.29) is 17.9 Å². The quantitative estimate of drug-likeness (QED) is 0.654. The lowest BCUT2D eigenvalue weighted by Gasteiger charge is -2.30. The molecule has 4 rings (SSSR count). The van der Waals surface area contributed by atoms with Crippen LogP contribution in [0.3, 0.4) is 0 Å². The number of amides is 1. The lowest BCUT2D eigenvalue weighted by atomic mass is 9.76. The van der Waals surface area contributed by atoms with Gasteiger partial charge in [-0.25, -0.2) is 4.98 Å². The molecule has 0 unspecified atom stereocenters. The number of aromatic nitrogens is 4. The number of H-pyrrole nitrogens is 1. The minimum atomic E-state index is -0.250. The normalized spacial score (nSPS) is 16.9. The maximum Gasteiger partial charge on any atom is 0.228 e. The smallest absolute Gasteiger partial charge is 0.228 e. The second-order valence-corrected chi connectivity index (χ2v) is 7.80. The summed E-state index contributed by atoms with van der Waals surface area (Å²) in [6, 6.07) is 13.6. The van der Waals surface area contributed by atoms with Crippen LogP contribution in [0.15, 0.2) is 54.9 Å². The molecule has 1 fully saturated rings. The largest absolute Gasteiger partial charge is 0.346 e. The summed E-state index contributed by atoms with van der Waals surface area (Å²) in [6.45, 7) is 1.94. The summed E-state index contributed by atoms with van der Waals surface area (Å²) in [5, 5.41) is 10.4. The van der Waals surface area contributed by atoms with Gasteiger partial charge in [0.25, 0.3) is 0 Å². The first kappa shape index (κ1) is 19.3. The first-order valence-electron chi connectivity index (χ1n) is 10.4. The Labute approximate surface area is 171 Å². The van der Waals surface area contributed by atoms with Gasteiger partial charge in [-0.3, -0.25) is 14.9 Å². The van der Waals surface area contributed by atoms with Crippen LogP contribution in [0.25, 0.3) is 11.4 Å². The van der Waals surface area contributed by atoms with Crippen molar-refractivity contribution in [2.45, 2.75) is 51.0 Å². The third kappa shape index (κ3) is 4.53. The summed E-state index contributed by atoms with van der Waals surface area (Å²) in [7, 11) is 0. The molecule has 1 aliphatic carbocycles. The fraction of sp³-hybridized carbons (Fsp3) is 0.391. The van der Waals surface area contributed by atoms with Crippen LogP contribution in [0.2, 0.25) is 0 Å². The zero-order chi connectivity index (χ0) is 20.1. The number of nitrogens with zero attached hydrogens (tertiary/aromatic N) is 3. The monoisotopic (exact) mass is 389 g/mol. The van der Waals surface area contributed by atoms with E-state index < -0.39 is 0 Å². The fourth-order valence-corrected chi connectivity index (χ4v) is 4.24. The van der Waals surface area contributed by atoms with Crippen molar-refractivity contribution in [1.29, 1.82) is 0 Å². The standard InChI is InChI=1S/C23H27N5O/c1-16(21-26-22(28-27-21)19-12-14-24-15-13-19)25-23(29)20(17-8-4-2-5-9-17)18-10-6-3-7-11-18/h2,4-5,8-9,12-16,18,20H,3,6-7,10-11H2,1H3,(H,25,29)(H,26,27,28)/t16-,20-/m1/s1. The second kappa shape index (κ2) is 8.99. The Morgan fingerprint density at radius 1 is 1.07 bits per heavy atom. The van der Waals surface area contributed by atoms with Gasteiger partial charge >= 0.3 is 0 Å². The predicted octanol–water partition coefficient (Wildman–Crippen LogP) is 4.41. The van der Waals surface area contributed by atoms with E-state index >= 15 is 0 Å². The Hall–Kier alpha value is -3.02. The minimum Gasteiger partial charge on any atom is -0.346 e. The third-order valence-corrected chi connectivity index (χ3v) is 5.77. The van der Waals surface area contributed by atoms with Gasteiger partial charge in [0.05, 0.1) is 12.0 Å². The Morgan fingerprint density at radius 3 is 2.52 bits per heavy atom. The molecule has 2 heterocycles. The predicted molar refractivity (Wildman–Crippen MR) is 112 cm³/mol. The number of aromatic amines is 1. The second-order valence-electron chi connectivity index (χ2n) is 7.80. The van der Waals surface area contributed by atoms with Crippen LogP contribution in [0.4, 0.5) is 0 Å². The molecule has 150 valence electrons. The van der Waals surface area contributed by atoms with Crippen molar-refractivity contribution in [1.82, 2.24) is 25.5 Å². The van der Waals surface area contributed by atoms with Gasteiger partial charge < -0.3 is 5.32 Å². The summed E-state index contributed by atoms with van der Waals surface area (Å²) < 4.78 is 0. The first-order valence-corrected chi connectivity index (χ1v) is 10.4. The summed E-state index contributed by atoms with van der Waals surface area (Å²) in [6.07, 6.45) is 9.32. The molecule has 1 aliphatic rings. The van der Waals surface area contributed by atoms with Crippen molar-refractivity contribution >= 4 is 5.91 Å². The molecule has 1 amide bonds. The molecular formula is C23H27N5O. The van der Waals surface area contributed by atoms with E-state index in [0.29, 0.717) is 17.6 Å². The molecule has 6 nitrogen and oxygen atoms in total. The van der Waals surface area contributed by atoms with E-state index in [1.165, 1.54) is 19.3 Å². The molecule has 2 aromatic heterocycles. The van der Waals surface area contributed by atoms with Gasteiger partial charge in [0.15, 0.2) is 5.82 Å². The molecule has 2 atom stereocenters.